The van der Waals surface area contributed by atoms with Crippen LogP contribution in [0.1, 0.15) is 22.9 Å². The Labute approximate surface area is 283 Å². The zero-order chi connectivity index (χ0) is 32.3. The molecule has 0 fully saturated rings. The van der Waals surface area contributed by atoms with Crippen molar-refractivity contribution in [2.45, 2.75) is 6.17 Å². The molecule has 1 atom stereocenters. The highest BCUT2D eigenvalue weighted by atomic mass is 15.2. The van der Waals surface area contributed by atoms with Gasteiger partial charge in [-0.05, 0) is 56.8 Å². The van der Waals surface area contributed by atoms with Crippen LogP contribution in [-0.4, -0.2) is 16.2 Å². The number of benzene rings is 8. The maximum Gasteiger partial charge on any atom is 0.160 e. The van der Waals surface area contributed by atoms with Crippen LogP contribution in [0.3, 0.4) is 0 Å². The number of aliphatic imine (C=N–C) groups is 2. The van der Waals surface area contributed by atoms with Crippen molar-refractivity contribution in [3.8, 4) is 5.69 Å². The van der Waals surface area contributed by atoms with Crippen LogP contribution in [-0.2, 0) is 0 Å². The van der Waals surface area contributed by atoms with Crippen LogP contribution >= 0.6 is 0 Å². The van der Waals surface area contributed by atoms with Gasteiger partial charge in [0.1, 0.15) is 12.0 Å². The molecule has 8 aromatic carbocycles. The molecule has 2 heterocycles. The first-order valence-electron chi connectivity index (χ1n) is 16.7. The molecule has 1 aliphatic heterocycles. The van der Waals surface area contributed by atoms with Crippen molar-refractivity contribution in [2.75, 3.05) is 0 Å². The minimum Gasteiger partial charge on any atom is -0.344 e. The summed E-state index contributed by atoms with van der Waals surface area (Å²) in [6.45, 7) is 0. The van der Waals surface area contributed by atoms with E-state index in [0.29, 0.717) is 5.84 Å². The second kappa shape index (κ2) is 11.0. The third-order valence-electron chi connectivity index (χ3n) is 9.82. The number of para-hydroxylation sites is 1. The Morgan fingerprint density at radius 1 is 0.449 bits per heavy atom. The van der Waals surface area contributed by atoms with Crippen LogP contribution in [0.2, 0.25) is 0 Å². The van der Waals surface area contributed by atoms with E-state index in [-0.39, 0.29) is 6.17 Å². The summed E-state index contributed by atoms with van der Waals surface area (Å²) in [5.41, 5.74) is 6.66. The van der Waals surface area contributed by atoms with Crippen molar-refractivity contribution in [1.29, 1.82) is 0 Å². The second-order valence-electron chi connectivity index (χ2n) is 12.6. The van der Waals surface area contributed by atoms with Gasteiger partial charge < -0.3 is 9.88 Å². The number of nitrogens with zero attached hydrogens (tertiary/aromatic N) is 3. The third kappa shape index (κ3) is 4.45. The predicted octanol–water partition coefficient (Wildman–Crippen LogP) is 10.7. The lowest BCUT2D eigenvalue weighted by atomic mass is 10.00. The van der Waals surface area contributed by atoms with Crippen molar-refractivity contribution in [1.82, 2.24) is 9.88 Å². The van der Waals surface area contributed by atoms with Crippen molar-refractivity contribution in [3.63, 3.8) is 0 Å². The molecule has 10 rings (SSSR count). The van der Waals surface area contributed by atoms with Crippen LogP contribution in [0.5, 0.6) is 0 Å². The van der Waals surface area contributed by atoms with Gasteiger partial charge in [-0.25, -0.2) is 9.98 Å². The number of aromatic nitrogens is 1. The molecule has 49 heavy (non-hydrogen) atoms. The minimum absolute atomic E-state index is 0.285. The first-order chi connectivity index (χ1) is 24.3. The quantitative estimate of drug-likeness (QED) is 0.207. The van der Waals surface area contributed by atoms with E-state index in [4.69, 9.17) is 9.98 Å². The van der Waals surface area contributed by atoms with Gasteiger partial charge in [0.15, 0.2) is 5.84 Å². The first-order valence-corrected chi connectivity index (χ1v) is 16.7. The average molecular weight is 627 g/mol. The highest BCUT2D eigenvalue weighted by molar-refractivity contribution is 6.21. The SMILES string of the molecule is c1ccc(C2N=C(c3cccc4c(-n5c6ccccc6c6cc7ccccc7cc65)cccc34)N=C(c3cccc4ccccc34)N2)cc1. The van der Waals surface area contributed by atoms with Gasteiger partial charge in [0.25, 0.3) is 0 Å². The highest BCUT2D eigenvalue weighted by Crippen LogP contribution is 2.38. The molecule has 1 N–H and O–H groups in total. The summed E-state index contributed by atoms with van der Waals surface area (Å²) in [6.07, 6.45) is -0.285. The fourth-order valence-corrected chi connectivity index (χ4v) is 7.54. The van der Waals surface area contributed by atoms with E-state index >= 15 is 0 Å². The molecule has 4 heteroatoms. The fraction of sp³-hybridized carbons (Fsp3) is 0.0222. The zero-order valence-electron chi connectivity index (χ0n) is 26.6. The van der Waals surface area contributed by atoms with E-state index in [9.17, 15) is 0 Å². The molecule has 0 aliphatic carbocycles. The summed E-state index contributed by atoms with van der Waals surface area (Å²) >= 11 is 0. The Bertz CT molecular complexity index is 2800. The Kier molecular flexibility index (Phi) is 6.21. The molecule has 1 aliphatic rings. The highest BCUT2D eigenvalue weighted by Gasteiger charge is 2.24. The second-order valence-corrected chi connectivity index (χ2v) is 12.6. The lowest BCUT2D eigenvalue weighted by Crippen LogP contribution is -2.33. The van der Waals surface area contributed by atoms with Crippen molar-refractivity contribution in [2.24, 2.45) is 9.98 Å². The average Bonchev–Trinajstić information content (AvgIpc) is 3.49. The summed E-state index contributed by atoms with van der Waals surface area (Å²) in [6, 6.07) is 60.4. The first kappa shape index (κ1) is 27.6. The topological polar surface area (TPSA) is 41.7 Å². The predicted molar refractivity (Wildman–Crippen MR) is 205 cm³/mol. The largest absolute Gasteiger partial charge is 0.344 e. The third-order valence-corrected chi connectivity index (χ3v) is 9.82. The number of fused-ring (bicyclic) bond motifs is 6. The Balaban J connectivity index is 1.21. The molecule has 0 spiro atoms. The normalized spacial score (nSPS) is 14.7. The van der Waals surface area contributed by atoms with Crippen molar-refractivity contribution >= 4 is 65.8 Å². The maximum absolute atomic E-state index is 5.27. The standard InChI is InChI=1S/C45H30N4/c1-2-14-30(15-3-1)43-46-44(37-23-10-18-29-13-6-7-19-33(29)37)48-45(47-43)38-24-11-22-35-34(38)21-12-26-41(35)49-40-25-9-8-20-36(40)39-27-31-16-4-5-17-32(31)28-42(39)49/h1-28,43H,(H,46,47,48). The van der Waals surface area contributed by atoms with Crippen molar-refractivity contribution < 1.29 is 0 Å². The van der Waals surface area contributed by atoms with E-state index in [2.05, 4.69) is 174 Å². The van der Waals surface area contributed by atoms with Gasteiger partial charge in [0.2, 0.25) is 0 Å². The molecule has 1 unspecified atom stereocenters. The molecule has 230 valence electrons. The molecular formula is C45H30N4. The number of hydrogen-bond donors (Lipinski definition) is 1. The minimum atomic E-state index is -0.285. The van der Waals surface area contributed by atoms with E-state index in [0.717, 1.165) is 44.4 Å². The molecule has 4 nitrogen and oxygen atoms in total. The lowest BCUT2D eigenvalue weighted by Gasteiger charge is -2.25. The van der Waals surface area contributed by atoms with Gasteiger partial charge >= 0.3 is 0 Å². The number of nitrogens with one attached hydrogen (secondary N) is 1. The molecule has 0 bridgehead atoms. The Morgan fingerprint density at radius 2 is 1.08 bits per heavy atom. The van der Waals surface area contributed by atoms with Crippen LogP contribution < -0.4 is 5.32 Å². The smallest absolute Gasteiger partial charge is 0.160 e. The number of amidine groups is 2. The summed E-state index contributed by atoms with van der Waals surface area (Å²) in [5, 5.41) is 13.2. The van der Waals surface area contributed by atoms with Crippen LogP contribution in [0.4, 0.5) is 0 Å². The van der Waals surface area contributed by atoms with Gasteiger partial charge in [-0.2, -0.15) is 0 Å². The molecule has 0 saturated carbocycles. The molecular weight excluding hydrogens is 597 g/mol. The van der Waals surface area contributed by atoms with E-state index in [1.165, 1.54) is 38.0 Å². The summed E-state index contributed by atoms with van der Waals surface area (Å²) in [5.74, 6) is 1.53. The Morgan fingerprint density at radius 3 is 1.96 bits per heavy atom. The van der Waals surface area contributed by atoms with Crippen molar-refractivity contribution in [3.05, 3.63) is 187 Å². The number of hydrogen-bond acceptors (Lipinski definition) is 3. The molecule has 1 aromatic heterocycles. The van der Waals surface area contributed by atoms with Crippen LogP contribution in [0.25, 0.3) is 59.8 Å². The van der Waals surface area contributed by atoms with Crippen LogP contribution in [0.15, 0.2) is 180 Å². The van der Waals surface area contributed by atoms with E-state index in [1.807, 2.05) is 6.07 Å². The summed E-state index contributed by atoms with van der Waals surface area (Å²) < 4.78 is 2.42. The fourth-order valence-electron chi connectivity index (χ4n) is 7.54. The Hall–Kier alpha value is -6.52. The van der Waals surface area contributed by atoms with Gasteiger partial charge in [-0.3, -0.25) is 0 Å². The van der Waals surface area contributed by atoms with Gasteiger partial charge in [0, 0.05) is 27.3 Å². The summed E-state index contributed by atoms with van der Waals surface area (Å²) in [4.78, 5) is 10.5. The van der Waals surface area contributed by atoms with Gasteiger partial charge in [-0.15, -0.1) is 0 Å². The molecule has 0 radical (unpaired) electrons. The van der Waals surface area contributed by atoms with Crippen LogP contribution in [0, 0.1) is 0 Å². The molecule has 0 saturated heterocycles. The monoisotopic (exact) mass is 626 g/mol. The summed E-state index contributed by atoms with van der Waals surface area (Å²) in [7, 11) is 0. The number of rotatable bonds is 4. The zero-order valence-corrected chi connectivity index (χ0v) is 26.6. The van der Waals surface area contributed by atoms with E-state index in [1.54, 1.807) is 0 Å². The van der Waals surface area contributed by atoms with Gasteiger partial charge in [0.05, 0.1) is 16.7 Å². The maximum atomic E-state index is 5.27. The van der Waals surface area contributed by atoms with Gasteiger partial charge in [-0.1, -0.05) is 146 Å². The molecule has 9 aromatic rings. The van der Waals surface area contributed by atoms with E-state index < -0.39 is 0 Å². The molecule has 0 amide bonds. The lowest BCUT2D eigenvalue weighted by molar-refractivity contribution is 0.675.